The molecule has 0 radical (unpaired) electrons. The van der Waals surface area contributed by atoms with E-state index in [1.807, 2.05) is 37.9 Å². The van der Waals surface area contributed by atoms with Crippen LogP contribution < -0.4 is 9.47 Å². The summed E-state index contributed by atoms with van der Waals surface area (Å²) in [5, 5.41) is 19.7. The molecule has 240 valence electrons. The summed E-state index contributed by atoms with van der Waals surface area (Å²) < 4.78 is 34.7. The van der Waals surface area contributed by atoms with Crippen molar-refractivity contribution in [2.75, 3.05) is 39.9 Å². The number of ether oxygens (including phenoxy) is 3. The Bertz CT molecular complexity index is 1680. The highest BCUT2D eigenvalue weighted by Crippen LogP contribution is 2.37. The van der Waals surface area contributed by atoms with Gasteiger partial charge in [-0.25, -0.2) is 13.7 Å². The molecule has 1 amide bonds. The quantitative estimate of drug-likeness (QED) is 0.326. The molecule has 0 saturated carbocycles. The van der Waals surface area contributed by atoms with Gasteiger partial charge in [-0.05, 0) is 57.9 Å². The molecule has 0 bridgehead atoms. The number of likely N-dealkylation sites (tertiary alicyclic amines) is 1. The number of rotatable bonds is 7. The minimum absolute atomic E-state index is 0.248. The first kappa shape index (κ1) is 30.8. The molecule has 6 heterocycles. The van der Waals surface area contributed by atoms with E-state index in [2.05, 4.69) is 26.6 Å². The second kappa shape index (κ2) is 12.3. The topological polar surface area (TPSA) is 119 Å². The molecule has 1 saturated heterocycles. The normalized spacial score (nSPS) is 18.1. The second-order valence-corrected chi connectivity index (χ2v) is 12.6. The fourth-order valence-corrected chi connectivity index (χ4v) is 6.19. The average Bonchev–Trinajstić information content (AvgIpc) is 3.70. The molecule has 1 unspecified atom stereocenters. The lowest BCUT2D eigenvalue weighted by atomic mass is 10.1. The van der Waals surface area contributed by atoms with Crippen molar-refractivity contribution in [2.45, 2.75) is 64.8 Å². The van der Waals surface area contributed by atoms with Gasteiger partial charge in [-0.2, -0.15) is 10.2 Å². The van der Waals surface area contributed by atoms with Crippen LogP contribution in [0.1, 0.15) is 50.2 Å². The maximum absolute atomic E-state index is 13.5. The van der Waals surface area contributed by atoms with Gasteiger partial charge in [-0.3, -0.25) is 14.6 Å². The Balaban J connectivity index is 1.23. The van der Waals surface area contributed by atoms with E-state index >= 15 is 0 Å². The van der Waals surface area contributed by atoms with Gasteiger partial charge in [0.1, 0.15) is 11.4 Å². The van der Waals surface area contributed by atoms with Gasteiger partial charge >= 0.3 is 6.09 Å². The molecule has 1 fully saturated rings. The van der Waals surface area contributed by atoms with Crippen LogP contribution in [0, 0.1) is 12.7 Å². The van der Waals surface area contributed by atoms with Gasteiger partial charge in [0.25, 0.3) is 0 Å². The largest absolute Gasteiger partial charge is 0.493 e. The predicted molar refractivity (Wildman–Crippen MR) is 164 cm³/mol. The van der Waals surface area contributed by atoms with E-state index in [0.29, 0.717) is 35.8 Å². The molecule has 2 aliphatic heterocycles. The van der Waals surface area contributed by atoms with Gasteiger partial charge in [0.2, 0.25) is 0 Å². The fourth-order valence-electron chi connectivity index (χ4n) is 6.19. The van der Waals surface area contributed by atoms with Crippen LogP contribution in [0.2, 0.25) is 0 Å². The minimum Gasteiger partial charge on any atom is -0.493 e. The fraction of sp³-hybridized carbons (Fsp3) is 0.500. The molecule has 12 nitrogen and oxygen atoms in total. The van der Waals surface area contributed by atoms with Crippen molar-refractivity contribution in [1.29, 1.82) is 0 Å². The van der Waals surface area contributed by atoms with Crippen molar-refractivity contribution in [3.63, 3.8) is 0 Å². The van der Waals surface area contributed by atoms with E-state index in [4.69, 9.17) is 19.3 Å². The molecule has 45 heavy (non-hydrogen) atoms. The summed E-state index contributed by atoms with van der Waals surface area (Å²) in [5.41, 5.74) is 4.33. The zero-order valence-corrected chi connectivity index (χ0v) is 26.4. The van der Waals surface area contributed by atoms with Crippen molar-refractivity contribution < 1.29 is 28.5 Å². The van der Waals surface area contributed by atoms with Crippen LogP contribution in [0.25, 0.3) is 16.8 Å². The summed E-state index contributed by atoms with van der Waals surface area (Å²) in [4.78, 5) is 21.0. The van der Waals surface area contributed by atoms with Gasteiger partial charge in [0.05, 0.1) is 44.0 Å². The first-order chi connectivity index (χ1) is 21.5. The Kier molecular flexibility index (Phi) is 8.40. The lowest BCUT2D eigenvalue weighted by Crippen LogP contribution is -2.41. The number of fused-ring (bicyclic) bond motifs is 2. The molecule has 1 N–H and O–H groups in total. The second-order valence-electron chi connectivity index (χ2n) is 12.6. The third kappa shape index (κ3) is 6.32. The third-order valence-corrected chi connectivity index (χ3v) is 8.44. The van der Waals surface area contributed by atoms with Crippen molar-refractivity contribution in [3.05, 3.63) is 59.6 Å². The molecular formula is C32H40FN7O5. The minimum atomic E-state index is -0.836. The van der Waals surface area contributed by atoms with Crippen LogP contribution >= 0.6 is 0 Å². The first-order valence-electron chi connectivity index (χ1n) is 15.3. The van der Waals surface area contributed by atoms with E-state index < -0.39 is 17.5 Å². The van der Waals surface area contributed by atoms with E-state index in [1.54, 1.807) is 17.8 Å². The van der Waals surface area contributed by atoms with Crippen LogP contribution in [0.5, 0.6) is 11.5 Å². The lowest BCUT2D eigenvalue weighted by Gasteiger charge is -2.28. The Labute approximate surface area is 261 Å². The zero-order chi connectivity index (χ0) is 31.9. The Morgan fingerprint density at radius 3 is 2.69 bits per heavy atom. The van der Waals surface area contributed by atoms with E-state index in [1.165, 1.54) is 17.8 Å². The van der Waals surface area contributed by atoms with Gasteiger partial charge in [0.15, 0.2) is 23.1 Å². The number of carbonyl (C=O) groups is 1. The molecule has 2 aliphatic rings. The molecule has 2 atom stereocenters. The van der Waals surface area contributed by atoms with E-state index in [0.717, 1.165) is 55.5 Å². The van der Waals surface area contributed by atoms with Crippen molar-refractivity contribution in [3.8, 4) is 22.8 Å². The predicted octanol–water partition coefficient (Wildman–Crippen LogP) is 4.03. The summed E-state index contributed by atoms with van der Waals surface area (Å²) in [6, 6.07) is 4.93. The number of methoxy groups -OCH3 is 1. The van der Waals surface area contributed by atoms with Crippen LogP contribution in [0.4, 0.5) is 9.18 Å². The number of pyridine rings is 2. The maximum atomic E-state index is 13.5. The smallest absolute Gasteiger partial charge is 0.410 e. The van der Waals surface area contributed by atoms with Crippen LogP contribution in [0.15, 0.2) is 36.8 Å². The molecule has 13 heteroatoms. The summed E-state index contributed by atoms with van der Waals surface area (Å²) in [6.45, 7) is 11.2. The van der Waals surface area contributed by atoms with E-state index in [9.17, 15) is 14.3 Å². The van der Waals surface area contributed by atoms with Gasteiger partial charge < -0.3 is 24.2 Å². The van der Waals surface area contributed by atoms with Crippen molar-refractivity contribution in [2.24, 2.45) is 0 Å². The number of halogens is 1. The van der Waals surface area contributed by atoms with Gasteiger partial charge in [-0.15, -0.1) is 0 Å². The highest BCUT2D eigenvalue weighted by Gasteiger charge is 2.34. The molecule has 0 spiro atoms. The number of aliphatic hydroxyl groups excluding tert-OH is 1. The maximum Gasteiger partial charge on any atom is 0.410 e. The number of aromatic nitrogens is 5. The van der Waals surface area contributed by atoms with Crippen LogP contribution in [-0.4, -0.2) is 96.9 Å². The molecule has 4 aromatic rings. The summed E-state index contributed by atoms with van der Waals surface area (Å²) in [7, 11) is 1.56. The highest BCUT2D eigenvalue weighted by atomic mass is 19.1. The molecule has 0 aliphatic carbocycles. The average molecular weight is 622 g/mol. The monoisotopic (exact) mass is 621 g/mol. The standard InChI is InChI=1S/C32H40FN7O5/c1-20-25-9-11-37(23-8-10-38(18-23)31(42)45-32(2,3)4)12-13-39(25)36-29(20)21-14-26(30-27(43-5)16-35-40(30)17-21)44-28(19-41)24-7-6-22(33)15-34-24/h6-7,14-17,23,28,41H,8-13,18-19H2,1-5H3/t23?,28-/m1/s1. The van der Waals surface area contributed by atoms with E-state index in [-0.39, 0.29) is 18.7 Å². The molecule has 0 aromatic carbocycles. The van der Waals surface area contributed by atoms with Crippen molar-refractivity contribution >= 4 is 11.6 Å². The summed E-state index contributed by atoms with van der Waals surface area (Å²) in [6.07, 6.45) is 5.25. The number of nitrogens with zero attached hydrogens (tertiary/aromatic N) is 7. The molecule has 6 rings (SSSR count). The zero-order valence-electron chi connectivity index (χ0n) is 26.4. The summed E-state index contributed by atoms with van der Waals surface area (Å²) >= 11 is 0. The number of amides is 1. The number of hydrogen-bond donors (Lipinski definition) is 1. The highest BCUT2D eigenvalue weighted by molar-refractivity contribution is 5.75. The Morgan fingerprint density at radius 2 is 1.98 bits per heavy atom. The van der Waals surface area contributed by atoms with Gasteiger partial charge in [-0.1, -0.05) is 0 Å². The van der Waals surface area contributed by atoms with Crippen molar-refractivity contribution in [1.82, 2.24) is 34.2 Å². The number of carbonyl (C=O) groups excluding carboxylic acids is 1. The lowest BCUT2D eigenvalue weighted by molar-refractivity contribution is 0.0280. The van der Waals surface area contributed by atoms with Gasteiger partial charge in [0, 0.05) is 56.1 Å². The Hall–Kier alpha value is -4.23. The first-order valence-corrected chi connectivity index (χ1v) is 15.3. The SMILES string of the molecule is COc1cnn2cc(-c3nn4c(c3C)CCN(C3CCN(C(=O)OC(C)(C)C)C3)CC4)cc(O[C@H](CO)c3ccc(F)cn3)c12. The molecular weight excluding hydrogens is 581 g/mol. The number of hydrogen-bond acceptors (Lipinski definition) is 9. The number of aliphatic hydroxyl groups is 1. The summed E-state index contributed by atoms with van der Waals surface area (Å²) in [5.74, 6) is 0.466. The van der Waals surface area contributed by atoms with Crippen LogP contribution in [0.3, 0.4) is 0 Å². The van der Waals surface area contributed by atoms with Crippen LogP contribution in [-0.2, 0) is 17.7 Å². The third-order valence-electron chi connectivity index (χ3n) is 8.44. The Morgan fingerprint density at radius 1 is 1.16 bits per heavy atom. The molecule has 4 aromatic heterocycles.